The van der Waals surface area contributed by atoms with E-state index in [1.165, 1.54) is 0 Å². The Kier molecular flexibility index (Phi) is 4.10. The SMILES string of the molecule is CNS(=O)(=O)N[C@H](CO)C(=O)O. The van der Waals surface area contributed by atoms with Crippen LogP contribution in [0.5, 0.6) is 0 Å². The molecule has 8 heteroatoms. The van der Waals surface area contributed by atoms with Gasteiger partial charge in [0.1, 0.15) is 6.04 Å². The molecule has 0 aliphatic rings. The van der Waals surface area contributed by atoms with Crippen molar-refractivity contribution in [2.45, 2.75) is 6.04 Å². The summed E-state index contributed by atoms with van der Waals surface area (Å²) in [7, 11) is -2.69. The van der Waals surface area contributed by atoms with Crippen LogP contribution in [0.3, 0.4) is 0 Å². The quantitative estimate of drug-likeness (QED) is 0.389. The molecule has 12 heavy (non-hydrogen) atoms. The fraction of sp³-hybridized carbons (Fsp3) is 0.750. The van der Waals surface area contributed by atoms with Crippen molar-refractivity contribution < 1.29 is 23.4 Å². The maximum absolute atomic E-state index is 10.7. The van der Waals surface area contributed by atoms with E-state index in [-0.39, 0.29) is 0 Å². The molecule has 0 aliphatic carbocycles. The van der Waals surface area contributed by atoms with Gasteiger partial charge in [-0.1, -0.05) is 0 Å². The number of aliphatic hydroxyl groups is 1. The number of nitrogens with one attached hydrogen (secondary N) is 2. The molecule has 0 saturated heterocycles. The zero-order valence-electron chi connectivity index (χ0n) is 6.31. The van der Waals surface area contributed by atoms with Gasteiger partial charge in [0.2, 0.25) is 0 Å². The van der Waals surface area contributed by atoms with Crippen molar-refractivity contribution >= 4 is 16.2 Å². The summed E-state index contributed by atoms with van der Waals surface area (Å²) in [6.45, 7) is -0.795. The second-order valence-electron chi connectivity index (χ2n) is 1.90. The molecule has 4 N–H and O–H groups in total. The summed E-state index contributed by atoms with van der Waals surface area (Å²) in [5.41, 5.74) is 0. The van der Waals surface area contributed by atoms with E-state index in [1.807, 2.05) is 4.72 Å². The van der Waals surface area contributed by atoms with Crippen molar-refractivity contribution in [3.8, 4) is 0 Å². The highest BCUT2D eigenvalue weighted by atomic mass is 32.2. The van der Waals surface area contributed by atoms with Crippen LogP contribution < -0.4 is 9.44 Å². The van der Waals surface area contributed by atoms with Crippen LogP contribution >= 0.6 is 0 Å². The molecule has 0 amide bonds. The lowest BCUT2D eigenvalue weighted by atomic mass is 10.3. The van der Waals surface area contributed by atoms with E-state index < -0.39 is 28.8 Å². The van der Waals surface area contributed by atoms with Crippen molar-refractivity contribution in [1.82, 2.24) is 9.44 Å². The molecule has 0 aromatic rings. The zero-order valence-corrected chi connectivity index (χ0v) is 7.13. The summed E-state index contributed by atoms with van der Waals surface area (Å²) in [4.78, 5) is 10.2. The molecule has 0 unspecified atom stereocenters. The van der Waals surface area contributed by atoms with Gasteiger partial charge < -0.3 is 10.2 Å². The number of aliphatic carboxylic acids is 1. The predicted octanol–water partition coefficient (Wildman–Crippen LogP) is -2.51. The summed E-state index contributed by atoms with van der Waals surface area (Å²) in [5, 5.41) is 16.7. The van der Waals surface area contributed by atoms with Gasteiger partial charge in [-0.05, 0) is 0 Å². The molecule has 1 atom stereocenters. The van der Waals surface area contributed by atoms with Gasteiger partial charge in [0, 0.05) is 7.05 Å². The van der Waals surface area contributed by atoms with Gasteiger partial charge in [-0.15, -0.1) is 0 Å². The topological polar surface area (TPSA) is 116 Å². The normalized spacial score (nSPS) is 14.2. The van der Waals surface area contributed by atoms with Crippen LogP contribution in [0.2, 0.25) is 0 Å². The molecule has 0 spiro atoms. The van der Waals surface area contributed by atoms with E-state index in [2.05, 4.69) is 0 Å². The smallest absolute Gasteiger partial charge is 0.324 e. The zero-order chi connectivity index (χ0) is 9.78. The van der Waals surface area contributed by atoms with Gasteiger partial charge >= 0.3 is 5.97 Å². The molecule has 0 radical (unpaired) electrons. The minimum Gasteiger partial charge on any atom is -0.480 e. The van der Waals surface area contributed by atoms with Crippen molar-refractivity contribution in [2.24, 2.45) is 0 Å². The fourth-order valence-electron chi connectivity index (χ4n) is 0.412. The third-order valence-electron chi connectivity index (χ3n) is 1.05. The lowest BCUT2D eigenvalue weighted by molar-refractivity contribution is -0.139. The van der Waals surface area contributed by atoms with E-state index in [4.69, 9.17) is 10.2 Å². The van der Waals surface area contributed by atoms with Gasteiger partial charge in [0.05, 0.1) is 6.61 Å². The molecule has 0 rings (SSSR count). The van der Waals surface area contributed by atoms with Gasteiger partial charge in [-0.2, -0.15) is 13.1 Å². The third kappa shape index (κ3) is 3.62. The molecule has 0 fully saturated rings. The second-order valence-corrected chi connectivity index (χ2v) is 3.55. The highest BCUT2D eigenvalue weighted by Crippen LogP contribution is 1.85. The highest BCUT2D eigenvalue weighted by molar-refractivity contribution is 7.87. The summed E-state index contributed by atoms with van der Waals surface area (Å²) in [5.74, 6) is -1.43. The highest BCUT2D eigenvalue weighted by Gasteiger charge is 2.21. The predicted molar refractivity (Wildman–Crippen MR) is 39.6 cm³/mol. The largest absolute Gasteiger partial charge is 0.480 e. The lowest BCUT2D eigenvalue weighted by Gasteiger charge is -2.10. The minimum absolute atomic E-state index is 0.795. The number of carbonyl (C=O) groups is 1. The monoisotopic (exact) mass is 198 g/mol. The maximum atomic E-state index is 10.7. The summed E-state index contributed by atoms with van der Waals surface area (Å²) >= 11 is 0. The van der Waals surface area contributed by atoms with Crippen LogP contribution in [0.25, 0.3) is 0 Å². The Hall–Kier alpha value is -0.700. The standard InChI is InChI=1S/C4H10N2O5S/c1-5-12(10,11)6-3(2-7)4(8)9/h3,5-7H,2H2,1H3,(H,8,9)/t3-/m1/s1. The molecular weight excluding hydrogens is 188 g/mol. The van der Waals surface area contributed by atoms with Gasteiger partial charge in [0.15, 0.2) is 0 Å². The van der Waals surface area contributed by atoms with E-state index in [1.54, 1.807) is 4.72 Å². The Bertz CT molecular complexity index is 248. The van der Waals surface area contributed by atoms with Crippen LogP contribution in [0.15, 0.2) is 0 Å². The van der Waals surface area contributed by atoms with E-state index in [9.17, 15) is 13.2 Å². The average molecular weight is 198 g/mol. The Morgan fingerprint density at radius 2 is 2.08 bits per heavy atom. The Morgan fingerprint density at radius 1 is 1.58 bits per heavy atom. The molecule has 7 nitrogen and oxygen atoms in total. The third-order valence-corrected chi connectivity index (χ3v) is 2.18. The molecule has 0 aromatic carbocycles. The number of carboxylic acid groups (broad SMARTS) is 1. The van der Waals surface area contributed by atoms with Crippen molar-refractivity contribution in [3.05, 3.63) is 0 Å². The molecule has 0 aliphatic heterocycles. The molecule has 0 saturated carbocycles. The van der Waals surface area contributed by atoms with E-state index in [0.29, 0.717) is 0 Å². The number of rotatable bonds is 5. The first-order valence-electron chi connectivity index (χ1n) is 2.97. The number of hydrogen-bond donors (Lipinski definition) is 4. The van der Waals surface area contributed by atoms with Crippen molar-refractivity contribution in [1.29, 1.82) is 0 Å². The average Bonchev–Trinajstić information content (AvgIpc) is 2.00. The molecule has 72 valence electrons. The van der Waals surface area contributed by atoms with Gasteiger partial charge in [0.25, 0.3) is 10.2 Å². The fourth-order valence-corrected chi connectivity index (χ4v) is 1.08. The first-order chi connectivity index (χ1) is 5.43. The molecule has 0 aromatic heterocycles. The van der Waals surface area contributed by atoms with Crippen LogP contribution in [0.4, 0.5) is 0 Å². The van der Waals surface area contributed by atoms with Crippen molar-refractivity contribution in [2.75, 3.05) is 13.7 Å². The van der Waals surface area contributed by atoms with Crippen LogP contribution in [0, 0.1) is 0 Å². The summed E-state index contributed by atoms with van der Waals surface area (Å²) < 4.78 is 24.9. The first kappa shape index (κ1) is 11.3. The molecule has 0 bridgehead atoms. The van der Waals surface area contributed by atoms with Crippen LogP contribution in [0.1, 0.15) is 0 Å². The number of carboxylic acids is 1. The first-order valence-corrected chi connectivity index (χ1v) is 4.45. The van der Waals surface area contributed by atoms with Crippen molar-refractivity contribution in [3.63, 3.8) is 0 Å². The van der Waals surface area contributed by atoms with Gasteiger partial charge in [-0.25, -0.2) is 4.72 Å². The Labute approximate surface area is 69.6 Å². The maximum Gasteiger partial charge on any atom is 0.324 e. The Balaban J connectivity index is 4.32. The summed E-state index contributed by atoms with van der Waals surface area (Å²) in [6.07, 6.45) is 0. The summed E-state index contributed by atoms with van der Waals surface area (Å²) in [6, 6.07) is -1.51. The molecular formula is C4H10N2O5S. The van der Waals surface area contributed by atoms with E-state index in [0.717, 1.165) is 7.05 Å². The van der Waals surface area contributed by atoms with Crippen LogP contribution in [-0.2, 0) is 15.0 Å². The number of aliphatic hydroxyl groups excluding tert-OH is 1. The number of hydrogen-bond acceptors (Lipinski definition) is 4. The second kappa shape index (κ2) is 4.36. The lowest BCUT2D eigenvalue weighted by Crippen LogP contribution is -2.47. The van der Waals surface area contributed by atoms with Crippen LogP contribution in [-0.4, -0.2) is 44.3 Å². The molecule has 0 heterocycles. The Morgan fingerprint density at radius 3 is 2.33 bits per heavy atom. The van der Waals surface area contributed by atoms with Gasteiger partial charge in [-0.3, -0.25) is 4.79 Å². The minimum atomic E-state index is -3.82. The van der Waals surface area contributed by atoms with E-state index >= 15 is 0 Å².